The van der Waals surface area contributed by atoms with Gasteiger partial charge in [0, 0.05) is 0 Å². The van der Waals surface area contributed by atoms with E-state index in [1.54, 1.807) is 0 Å². The molecule has 1 fully saturated rings. The van der Waals surface area contributed by atoms with E-state index in [1.807, 2.05) is 0 Å². The van der Waals surface area contributed by atoms with E-state index < -0.39 is 47.2 Å². The zero-order valence-corrected chi connectivity index (χ0v) is 7.93. The van der Waals surface area contributed by atoms with Crippen molar-refractivity contribution in [3.8, 4) is 0 Å². The molecule has 0 heterocycles. The summed E-state index contributed by atoms with van der Waals surface area (Å²) in [6.07, 6.45) is 0. The molecule has 0 unspecified atom stereocenters. The molecule has 1 saturated carbocycles. The Labute approximate surface area is 92.2 Å². The van der Waals surface area contributed by atoms with Crippen molar-refractivity contribution >= 4 is 0 Å². The zero-order chi connectivity index (χ0) is 14.3. The molecular weight excluding hydrogens is 286 g/mol. The Morgan fingerprint density at radius 1 is 0.500 bits per heavy atom. The van der Waals surface area contributed by atoms with Gasteiger partial charge in [-0.05, 0) is 0 Å². The van der Waals surface area contributed by atoms with E-state index in [0.717, 1.165) is 0 Å². The van der Waals surface area contributed by atoms with E-state index in [-0.39, 0.29) is 0 Å². The van der Waals surface area contributed by atoms with Crippen molar-refractivity contribution in [3.63, 3.8) is 0 Å². The molecule has 3 aliphatic rings. The smallest absolute Gasteiger partial charge is 0.208 e. The van der Waals surface area contributed by atoms with Crippen molar-refractivity contribution < 1.29 is 43.9 Å². The predicted octanol–water partition coefficient (Wildman–Crippen LogP) is 3.94. The fourth-order valence-corrected chi connectivity index (χ4v) is 2.14. The number of halogens is 10. The number of hydrogen-bond donors (Lipinski definition) is 0. The van der Waals surface area contributed by atoms with Gasteiger partial charge < -0.3 is 0 Å². The first-order valence-electron chi connectivity index (χ1n) is 4.37. The minimum Gasteiger partial charge on any atom is -0.208 e. The summed E-state index contributed by atoms with van der Waals surface area (Å²) in [7, 11) is 0. The molecule has 0 aliphatic heterocycles. The quantitative estimate of drug-likeness (QED) is 0.592. The van der Waals surface area contributed by atoms with Crippen molar-refractivity contribution in [2.24, 2.45) is 11.8 Å². The molecule has 2 bridgehead atoms. The molecule has 0 amide bonds. The maximum absolute atomic E-state index is 12.9. The molecule has 0 atom stereocenters. The fraction of sp³-hybridized carbons (Fsp3) is 0.750. The molecule has 0 saturated heterocycles. The Hall–Kier alpha value is -0.960. The third-order valence-electron chi connectivity index (χ3n) is 3.07. The molecule has 3 aliphatic carbocycles. The van der Waals surface area contributed by atoms with Crippen LogP contribution in [0.2, 0.25) is 0 Å². The highest BCUT2D eigenvalue weighted by molar-refractivity contribution is 5.34. The van der Waals surface area contributed by atoms with Crippen LogP contribution >= 0.6 is 0 Å². The SMILES string of the molecule is FC1=C(F)C2C(F)(F)C(F)(F)C1C(F)(F)C2(F)F. The highest BCUT2D eigenvalue weighted by Gasteiger charge is 2.91. The molecule has 0 aromatic rings. The largest absolute Gasteiger partial charge is 0.326 e. The van der Waals surface area contributed by atoms with Crippen molar-refractivity contribution in [2.75, 3.05) is 0 Å². The fourth-order valence-electron chi connectivity index (χ4n) is 2.14. The first kappa shape index (κ1) is 13.5. The standard InChI is InChI=1S/C8H2F10/c9-1-2(10)4-7(15,16)5(11,12)3(1)6(13,14)8(4,17)18/h3-4H. The molecule has 18 heavy (non-hydrogen) atoms. The van der Waals surface area contributed by atoms with Gasteiger partial charge in [0.25, 0.3) is 0 Å². The Morgan fingerprint density at radius 3 is 0.833 bits per heavy atom. The third-order valence-corrected chi connectivity index (χ3v) is 3.07. The maximum Gasteiger partial charge on any atom is 0.326 e. The van der Waals surface area contributed by atoms with Gasteiger partial charge in [0.05, 0.1) is 0 Å². The lowest BCUT2D eigenvalue weighted by atomic mass is 9.64. The molecular formula is C8H2F10. The number of hydrogen-bond acceptors (Lipinski definition) is 0. The predicted molar refractivity (Wildman–Crippen MR) is 36.0 cm³/mol. The van der Waals surface area contributed by atoms with Crippen molar-refractivity contribution in [2.45, 2.75) is 23.7 Å². The van der Waals surface area contributed by atoms with Crippen LogP contribution in [0.5, 0.6) is 0 Å². The lowest BCUT2D eigenvalue weighted by molar-refractivity contribution is -0.405. The van der Waals surface area contributed by atoms with Crippen LogP contribution in [0.15, 0.2) is 11.7 Å². The van der Waals surface area contributed by atoms with Gasteiger partial charge >= 0.3 is 23.7 Å². The van der Waals surface area contributed by atoms with Gasteiger partial charge in [-0.15, -0.1) is 0 Å². The van der Waals surface area contributed by atoms with E-state index in [1.165, 1.54) is 0 Å². The Morgan fingerprint density at radius 2 is 0.667 bits per heavy atom. The van der Waals surface area contributed by atoms with E-state index in [9.17, 15) is 43.9 Å². The third kappa shape index (κ3) is 1.05. The average Bonchev–Trinajstić information content (AvgIpc) is 2.11. The zero-order valence-electron chi connectivity index (χ0n) is 7.93. The van der Waals surface area contributed by atoms with Crippen LogP contribution in [0, 0.1) is 11.8 Å². The molecule has 0 N–H and O–H groups in total. The van der Waals surface area contributed by atoms with Crippen LogP contribution in [0.25, 0.3) is 0 Å². The van der Waals surface area contributed by atoms with Crippen LogP contribution in [-0.2, 0) is 0 Å². The summed E-state index contributed by atoms with van der Waals surface area (Å²) in [6.45, 7) is 0. The summed E-state index contributed by atoms with van der Waals surface area (Å²) >= 11 is 0. The van der Waals surface area contributed by atoms with Crippen molar-refractivity contribution in [1.29, 1.82) is 0 Å². The second-order valence-corrected chi connectivity index (χ2v) is 4.05. The molecule has 0 nitrogen and oxygen atoms in total. The van der Waals surface area contributed by atoms with Gasteiger partial charge in [-0.1, -0.05) is 0 Å². The van der Waals surface area contributed by atoms with Gasteiger partial charge in [-0.2, -0.15) is 35.1 Å². The van der Waals surface area contributed by atoms with Gasteiger partial charge in [-0.25, -0.2) is 8.78 Å². The Kier molecular flexibility index (Phi) is 2.21. The van der Waals surface area contributed by atoms with E-state index >= 15 is 0 Å². The molecule has 0 radical (unpaired) electrons. The summed E-state index contributed by atoms with van der Waals surface area (Å²) in [5.74, 6) is -38.1. The number of fused-ring (bicyclic) bond motifs is 2. The van der Waals surface area contributed by atoms with Crippen LogP contribution in [0.3, 0.4) is 0 Å². The lowest BCUT2D eigenvalue weighted by Crippen LogP contribution is -2.74. The molecule has 0 spiro atoms. The monoisotopic (exact) mass is 288 g/mol. The minimum atomic E-state index is -5.80. The lowest BCUT2D eigenvalue weighted by Gasteiger charge is -2.52. The number of alkyl halides is 8. The topological polar surface area (TPSA) is 0 Å². The molecule has 104 valence electrons. The second kappa shape index (κ2) is 2.96. The van der Waals surface area contributed by atoms with Gasteiger partial charge in [-0.3, -0.25) is 0 Å². The molecule has 3 rings (SSSR count). The minimum absolute atomic E-state index is 2.95. The van der Waals surface area contributed by atoms with Gasteiger partial charge in [0.15, 0.2) is 11.8 Å². The molecule has 0 aromatic heterocycles. The van der Waals surface area contributed by atoms with E-state index in [0.29, 0.717) is 0 Å². The summed E-state index contributed by atoms with van der Waals surface area (Å²) in [5.41, 5.74) is 0. The average molecular weight is 288 g/mol. The van der Waals surface area contributed by atoms with Crippen molar-refractivity contribution in [1.82, 2.24) is 0 Å². The Balaban J connectivity index is 2.81. The Bertz CT molecular complexity index is 365. The van der Waals surface area contributed by atoms with E-state index in [2.05, 4.69) is 0 Å². The maximum atomic E-state index is 12.9. The first-order valence-corrected chi connectivity index (χ1v) is 4.37. The van der Waals surface area contributed by atoms with Crippen LogP contribution < -0.4 is 0 Å². The summed E-state index contributed by atoms with van der Waals surface area (Å²) in [6, 6.07) is 0. The molecule has 10 heteroatoms. The normalized spacial score (nSPS) is 39.0. The number of allylic oxidation sites excluding steroid dienone is 2. The molecule has 0 aromatic carbocycles. The number of rotatable bonds is 0. The van der Waals surface area contributed by atoms with Gasteiger partial charge in [0.2, 0.25) is 0 Å². The first-order chi connectivity index (χ1) is 7.81. The van der Waals surface area contributed by atoms with Crippen molar-refractivity contribution in [3.05, 3.63) is 11.7 Å². The highest BCUT2D eigenvalue weighted by atomic mass is 19.3. The summed E-state index contributed by atoms with van der Waals surface area (Å²) < 4.78 is 129. The summed E-state index contributed by atoms with van der Waals surface area (Å²) in [5, 5.41) is 0. The van der Waals surface area contributed by atoms with Crippen LogP contribution in [-0.4, -0.2) is 23.7 Å². The second-order valence-electron chi connectivity index (χ2n) is 4.05. The van der Waals surface area contributed by atoms with Crippen LogP contribution in [0.4, 0.5) is 43.9 Å². The summed E-state index contributed by atoms with van der Waals surface area (Å²) in [4.78, 5) is 0. The van der Waals surface area contributed by atoms with E-state index in [4.69, 9.17) is 0 Å². The highest BCUT2D eigenvalue weighted by Crippen LogP contribution is 2.70. The van der Waals surface area contributed by atoms with Gasteiger partial charge in [0.1, 0.15) is 11.7 Å². The van der Waals surface area contributed by atoms with Crippen LogP contribution in [0.1, 0.15) is 0 Å².